The number of rotatable bonds is 4. The first kappa shape index (κ1) is 12.9. The van der Waals surface area contributed by atoms with Gasteiger partial charge in [-0.1, -0.05) is 18.0 Å². The van der Waals surface area contributed by atoms with Crippen LogP contribution in [-0.2, 0) is 9.53 Å². The van der Waals surface area contributed by atoms with Crippen molar-refractivity contribution < 1.29 is 18.5 Å². The van der Waals surface area contributed by atoms with Crippen molar-refractivity contribution in [2.75, 3.05) is 7.11 Å². The van der Waals surface area contributed by atoms with Gasteiger partial charge in [-0.05, 0) is 24.8 Å². The minimum atomic E-state index is -0.462. The lowest BCUT2D eigenvalue weighted by Crippen LogP contribution is -2.21. The molecule has 6 nitrogen and oxygen atoms in total. The number of ether oxygens (including phenoxy) is 1. The van der Waals surface area contributed by atoms with E-state index >= 15 is 0 Å². The first-order valence-corrected chi connectivity index (χ1v) is 6.73. The van der Waals surface area contributed by atoms with Crippen LogP contribution in [0.1, 0.15) is 37.5 Å². The van der Waals surface area contributed by atoms with E-state index in [-0.39, 0.29) is 11.9 Å². The smallest absolute Gasteiger partial charge is 0.318 e. The number of aromatic nitrogens is 2. The van der Waals surface area contributed by atoms with Crippen LogP contribution >= 0.6 is 0 Å². The van der Waals surface area contributed by atoms with E-state index < -0.39 is 5.92 Å². The molecule has 1 fully saturated rings. The Morgan fingerprint density at radius 3 is 2.90 bits per heavy atom. The Morgan fingerprint density at radius 2 is 2.25 bits per heavy atom. The summed E-state index contributed by atoms with van der Waals surface area (Å²) in [5.74, 6) is 0.218. The summed E-state index contributed by atoms with van der Waals surface area (Å²) in [5.41, 5.74) is 0.732. The van der Waals surface area contributed by atoms with E-state index in [2.05, 4.69) is 10.1 Å². The van der Waals surface area contributed by atoms with E-state index in [9.17, 15) is 4.79 Å². The van der Waals surface area contributed by atoms with Gasteiger partial charge < -0.3 is 13.7 Å². The van der Waals surface area contributed by atoms with Crippen LogP contribution in [0.25, 0.3) is 11.4 Å². The molecule has 2 aromatic heterocycles. The maximum Gasteiger partial charge on any atom is 0.318 e. The molecule has 0 N–H and O–H groups in total. The molecule has 1 unspecified atom stereocenters. The largest absolute Gasteiger partial charge is 0.472 e. The Balaban J connectivity index is 1.89. The summed E-state index contributed by atoms with van der Waals surface area (Å²) in [7, 11) is 1.39. The predicted molar refractivity (Wildman–Crippen MR) is 68.7 cm³/mol. The number of nitrogens with zero attached hydrogens (tertiary/aromatic N) is 2. The molecule has 0 saturated heterocycles. The fraction of sp³-hybridized carbons (Fsp3) is 0.500. The zero-order valence-corrected chi connectivity index (χ0v) is 11.2. The first-order chi connectivity index (χ1) is 9.79. The Labute approximate surface area is 116 Å². The van der Waals surface area contributed by atoms with Crippen molar-refractivity contribution in [3.63, 3.8) is 0 Å². The summed E-state index contributed by atoms with van der Waals surface area (Å²) in [6, 6.07) is 1.75. The van der Waals surface area contributed by atoms with Crippen molar-refractivity contribution in [1.82, 2.24) is 10.1 Å². The zero-order valence-electron chi connectivity index (χ0n) is 11.2. The van der Waals surface area contributed by atoms with Crippen molar-refractivity contribution >= 4 is 5.97 Å². The molecule has 1 aliphatic rings. The maximum atomic E-state index is 12.0. The Kier molecular flexibility index (Phi) is 3.54. The molecule has 106 valence electrons. The number of hydrogen-bond acceptors (Lipinski definition) is 6. The molecule has 2 heterocycles. The zero-order chi connectivity index (χ0) is 13.9. The molecule has 1 aliphatic carbocycles. The lowest BCUT2D eigenvalue weighted by atomic mass is 9.91. The second kappa shape index (κ2) is 5.48. The third kappa shape index (κ3) is 2.33. The van der Waals surface area contributed by atoms with Crippen molar-refractivity contribution in [2.45, 2.75) is 31.6 Å². The van der Waals surface area contributed by atoms with Crippen LogP contribution in [0.4, 0.5) is 0 Å². The average Bonchev–Trinajstić information content (AvgIpc) is 3.20. The number of methoxy groups -OCH3 is 1. The highest BCUT2D eigenvalue weighted by molar-refractivity contribution is 5.77. The van der Waals surface area contributed by atoms with Crippen LogP contribution in [0, 0.1) is 5.92 Å². The predicted octanol–water partition coefficient (Wildman–Crippen LogP) is 2.78. The summed E-state index contributed by atoms with van der Waals surface area (Å²) < 4.78 is 15.2. The van der Waals surface area contributed by atoms with Gasteiger partial charge in [0.05, 0.1) is 18.9 Å². The number of furan rings is 1. The van der Waals surface area contributed by atoms with Gasteiger partial charge in [0.25, 0.3) is 0 Å². The van der Waals surface area contributed by atoms with Crippen LogP contribution in [0.2, 0.25) is 0 Å². The minimum absolute atomic E-state index is 0.222. The lowest BCUT2D eigenvalue weighted by Gasteiger charge is -2.16. The first-order valence-electron chi connectivity index (χ1n) is 6.73. The molecule has 2 aromatic rings. The normalized spacial score (nSPS) is 17.2. The monoisotopic (exact) mass is 276 g/mol. The van der Waals surface area contributed by atoms with Crippen LogP contribution in [0.5, 0.6) is 0 Å². The van der Waals surface area contributed by atoms with Crippen LogP contribution in [0.15, 0.2) is 27.5 Å². The number of hydrogen-bond donors (Lipinski definition) is 0. The van der Waals surface area contributed by atoms with Gasteiger partial charge in [0.1, 0.15) is 12.2 Å². The highest BCUT2D eigenvalue weighted by Gasteiger charge is 2.37. The molecule has 0 radical (unpaired) electrons. The van der Waals surface area contributed by atoms with E-state index in [4.69, 9.17) is 13.7 Å². The van der Waals surface area contributed by atoms with Gasteiger partial charge in [-0.2, -0.15) is 4.98 Å². The van der Waals surface area contributed by atoms with Crippen molar-refractivity contribution in [3.05, 3.63) is 24.5 Å². The molecule has 1 saturated carbocycles. The number of carbonyl (C=O) groups excluding carboxylic acids is 1. The molecule has 0 spiro atoms. The molecular formula is C14H16N2O4. The Hall–Kier alpha value is -2.11. The molecule has 20 heavy (non-hydrogen) atoms. The molecule has 3 rings (SSSR count). The molecule has 0 aromatic carbocycles. The van der Waals surface area contributed by atoms with Gasteiger partial charge in [-0.3, -0.25) is 4.79 Å². The standard InChI is InChI=1S/C14H16N2O4/c1-18-14(17)11(9-4-2-3-5-9)13-15-12(16-20-13)10-6-7-19-8-10/h6-9,11H,2-5H2,1H3. The summed E-state index contributed by atoms with van der Waals surface area (Å²) in [6.45, 7) is 0. The summed E-state index contributed by atoms with van der Waals surface area (Å²) in [4.78, 5) is 16.4. The molecule has 0 amide bonds. The highest BCUT2D eigenvalue weighted by atomic mass is 16.5. The Bertz CT molecular complexity index is 570. The second-order valence-corrected chi connectivity index (χ2v) is 5.01. The average molecular weight is 276 g/mol. The second-order valence-electron chi connectivity index (χ2n) is 5.01. The van der Waals surface area contributed by atoms with Gasteiger partial charge in [0.15, 0.2) is 0 Å². The van der Waals surface area contributed by atoms with E-state index in [1.165, 1.54) is 13.4 Å². The van der Waals surface area contributed by atoms with Gasteiger partial charge in [-0.25, -0.2) is 0 Å². The fourth-order valence-electron chi connectivity index (χ4n) is 2.78. The maximum absolute atomic E-state index is 12.0. The van der Waals surface area contributed by atoms with E-state index in [1.54, 1.807) is 12.3 Å². The third-order valence-electron chi connectivity index (χ3n) is 3.81. The molecule has 1 atom stereocenters. The molecule has 0 aliphatic heterocycles. The fourth-order valence-corrected chi connectivity index (χ4v) is 2.78. The SMILES string of the molecule is COC(=O)C(c1nc(-c2ccoc2)no1)C1CCCC1. The molecule has 6 heteroatoms. The summed E-state index contributed by atoms with van der Waals surface area (Å²) in [5, 5.41) is 3.91. The summed E-state index contributed by atoms with van der Waals surface area (Å²) in [6.07, 6.45) is 7.31. The molecular weight excluding hydrogens is 260 g/mol. The highest BCUT2D eigenvalue weighted by Crippen LogP contribution is 2.38. The number of esters is 1. The number of carbonyl (C=O) groups is 1. The minimum Gasteiger partial charge on any atom is -0.472 e. The van der Waals surface area contributed by atoms with E-state index in [0.717, 1.165) is 31.2 Å². The van der Waals surface area contributed by atoms with Crippen LogP contribution < -0.4 is 0 Å². The summed E-state index contributed by atoms with van der Waals surface area (Å²) >= 11 is 0. The van der Waals surface area contributed by atoms with Crippen molar-refractivity contribution in [3.8, 4) is 11.4 Å². The third-order valence-corrected chi connectivity index (χ3v) is 3.81. The van der Waals surface area contributed by atoms with Gasteiger partial charge >= 0.3 is 5.97 Å². The van der Waals surface area contributed by atoms with Crippen molar-refractivity contribution in [2.24, 2.45) is 5.92 Å². The lowest BCUT2D eigenvalue weighted by molar-refractivity contribution is -0.144. The van der Waals surface area contributed by atoms with Gasteiger partial charge in [-0.15, -0.1) is 0 Å². The quantitative estimate of drug-likeness (QED) is 0.799. The Morgan fingerprint density at radius 1 is 1.45 bits per heavy atom. The van der Waals surface area contributed by atoms with E-state index in [0.29, 0.717) is 11.7 Å². The van der Waals surface area contributed by atoms with E-state index in [1.807, 2.05) is 0 Å². The topological polar surface area (TPSA) is 78.4 Å². The molecule has 0 bridgehead atoms. The van der Waals surface area contributed by atoms with Crippen molar-refractivity contribution in [1.29, 1.82) is 0 Å². The van der Waals surface area contributed by atoms with Crippen LogP contribution in [-0.4, -0.2) is 23.2 Å². The van der Waals surface area contributed by atoms with Crippen LogP contribution in [0.3, 0.4) is 0 Å². The van der Waals surface area contributed by atoms with Gasteiger partial charge in [0, 0.05) is 0 Å². The van der Waals surface area contributed by atoms with Gasteiger partial charge in [0.2, 0.25) is 11.7 Å².